The summed E-state index contributed by atoms with van der Waals surface area (Å²) in [4.78, 5) is 0. The van der Waals surface area contributed by atoms with Crippen LogP contribution >= 0.6 is 0 Å². The van der Waals surface area contributed by atoms with Gasteiger partial charge < -0.3 is 10.8 Å². The van der Waals surface area contributed by atoms with E-state index in [1.54, 1.807) is 0 Å². The molecule has 0 fully saturated rings. The summed E-state index contributed by atoms with van der Waals surface area (Å²) < 4.78 is 36.9. The average molecular weight is 217 g/mol. The van der Waals surface area contributed by atoms with Gasteiger partial charge in [0.1, 0.15) is 5.75 Å². The molecule has 1 aromatic rings. The molecule has 1 rings (SSSR count). The Hall–Kier alpha value is -1.49. The second kappa shape index (κ2) is 4.35. The lowest BCUT2D eigenvalue weighted by molar-refractivity contribution is -0.0912. The van der Waals surface area contributed by atoms with Crippen molar-refractivity contribution >= 4 is 6.08 Å². The third-order valence-electron chi connectivity index (χ3n) is 1.82. The van der Waals surface area contributed by atoms with E-state index in [1.165, 1.54) is 24.3 Å². The molecule has 0 spiro atoms. The van der Waals surface area contributed by atoms with Crippen molar-refractivity contribution < 1.29 is 18.3 Å². The first-order chi connectivity index (χ1) is 6.93. The van der Waals surface area contributed by atoms with Crippen LogP contribution in [0.2, 0.25) is 0 Å². The second-order valence-electron chi connectivity index (χ2n) is 2.96. The highest BCUT2D eigenvalue weighted by Crippen LogP contribution is 2.26. The molecule has 2 nitrogen and oxygen atoms in total. The number of alkyl halides is 3. The van der Waals surface area contributed by atoms with Crippen LogP contribution in [0, 0.1) is 0 Å². The van der Waals surface area contributed by atoms with E-state index in [-0.39, 0.29) is 5.75 Å². The summed E-state index contributed by atoms with van der Waals surface area (Å²) in [6.07, 6.45) is -3.45. The fraction of sp³-hybridized carbons (Fsp3) is 0.200. The van der Waals surface area contributed by atoms with Crippen LogP contribution in [-0.2, 0) is 0 Å². The molecular weight excluding hydrogens is 207 g/mol. The van der Waals surface area contributed by atoms with Gasteiger partial charge in [0.25, 0.3) is 0 Å². The van der Waals surface area contributed by atoms with E-state index < -0.39 is 18.3 Å². The molecule has 0 atom stereocenters. The number of rotatable bonds is 2. The van der Waals surface area contributed by atoms with Crippen LogP contribution in [0.5, 0.6) is 5.75 Å². The monoisotopic (exact) mass is 217 g/mol. The third-order valence-corrected chi connectivity index (χ3v) is 1.82. The molecule has 15 heavy (non-hydrogen) atoms. The van der Waals surface area contributed by atoms with Crippen LogP contribution in [0.1, 0.15) is 5.56 Å². The second-order valence-corrected chi connectivity index (χ2v) is 2.96. The van der Waals surface area contributed by atoms with Gasteiger partial charge in [0.05, 0.1) is 0 Å². The lowest BCUT2D eigenvalue weighted by Gasteiger charge is -2.09. The first kappa shape index (κ1) is 11.6. The van der Waals surface area contributed by atoms with E-state index in [9.17, 15) is 13.2 Å². The minimum Gasteiger partial charge on any atom is -0.508 e. The molecule has 0 saturated heterocycles. The highest BCUT2D eigenvalue weighted by molar-refractivity contribution is 5.55. The van der Waals surface area contributed by atoms with E-state index >= 15 is 0 Å². The Morgan fingerprint density at radius 3 is 2.20 bits per heavy atom. The standard InChI is InChI=1S/C10H10F3NO/c11-10(12,13)8(6-14)5-7-1-3-9(15)4-2-7/h1-5,15H,6,14H2/b8-5+. The van der Waals surface area contributed by atoms with Gasteiger partial charge in [-0.2, -0.15) is 13.2 Å². The minimum absolute atomic E-state index is 0.00783. The summed E-state index contributed by atoms with van der Waals surface area (Å²) in [6, 6.07) is 5.40. The molecule has 0 unspecified atom stereocenters. The van der Waals surface area contributed by atoms with Crippen LogP contribution in [0.25, 0.3) is 6.08 Å². The topological polar surface area (TPSA) is 46.2 Å². The Morgan fingerprint density at radius 1 is 1.27 bits per heavy atom. The summed E-state index contributed by atoms with van der Waals surface area (Å²) in [7, 11) is 0. The van der Waals surface area contributed by atoms with Crippen molar-refractivity contribution in [2.45, 2.75) is 6.18 Å². The lowest BCUT2D eigenvalue weighted by Crippen LogP contribution is -2.19. The molecular formula is C10H10F3NO. The molecule has 0 radical (unpaired) electrons. The Bertz CT molecular complexity index is 354. The number of phenolic OH excluding ortho intramolecular Hbond substituents is 1. The van der Waals surface area contributed by atoms with Crippen molar-refractivity contribution in [2.24, 2.45) is 5.73 Å². The van der Waals surface area contributed by atoms with Gasteiger partial charge in [0.15, 0.2) is 0 Å². The maximum atomic E-state index is 12.3. The smallest absolute Gasteiger partial charge is 0.413 e. The van der Waals surface area contributed by atoms with Gasteiger partial charge in [0.2, 0.25) is 0 Å². The first-order valence-corrected chi connectivity index (χ1v) is 4.20. The van der Waals surface area contributed by atoms with Crippen molar-refractivity contribution in [3.63, 3.8) is 0 Å². The van der Waals surface area contributed by atoms with Crippen LogP contribution in [0.4, 0.5) is 13.2 Å². The number of phenols is 1. The number of hydrogen-bond acceptors (Lipinski definition) is 2. The van der Waals surface area contributed by atoms with Crippen LogP contribution < -0.4 is 5.73 Å². The highest BCUT2D eigenvalue weighted by Gasteiger charge is 2.32. The Labute approximate surface area is 84.8 Å². The Kier molecular flexibility index (Phi) is 3.36. The average Bonchev–Trinajstić information content (AvgIpc) is 2.15. The molecule has 0 aromatic heterocycles. The van der Waals surface area contributed by atoms with Crippen LogP contribution in [-0.4, -0.2) is 17.8 Å². The SMILES string of the molecule is NC/C(=C\c1ccc(O)cc1)C(F)(F)F. The zero-order valence-electron chi connectivity index (χ0n) is 7.75. The minimum atomic E-state index is -4.41. The zero-order valence-corrected chi connectivity index (χ0v) is 7.75. The summed E-state index contributed by atoms with van der Waals surface area (Å²) in [5.41, 5.74) is 4.55. The molecule has 0 amide bonds. The molecule has 0 aliphatic carbocycles. The first-order valence-electron chi connectivity index (χ1n) is 4.20. The lowest BCUT2D eigenvalue weighted by atomic mass is 10.1. The van der Waals surface area contributed by atoms with Gasteiger partial charge in [-0.05, 0) is 23.8 Å². The quantitative estimate of drug-likeness (QED) is 0.798. The van der Waals surface area contributed by atoms with Crippen LogP contribution in [0.15, 0.2) is 29.8 Å². The van der Waals surface area contributed by atoms with Crippen LogP contribution in [0.3, 0.4) is 0 Å². The predicted molar refractivity (Wildman–Crippen MR) is 51.2 cm³/mol. The summed E-state index contributed by atoms with van der Waals surface area (Å²) in [5.74, 6) is 0.00783. The number of halogens is 3. The molecule has 3 N–H and O–H groups in total. The van der Waals surface area contributed by atoms with Gasteiger partial charge in [-0.3, -0.25) is 0 Å². The molecule has 0 saturated carbocycles. The molecule has 0 aliphatic rings. The fourth-order valence-electron chi connectivity index (χ4n) is 1.03. The van der Waals surface area contributed by atoms with Gasteiger partial charge >= 0.3 is 6.18 Å². The fourth-order valence-corrected chi connectivity index (χ4v) is 1.03. The Morgan fingerprint density at radius 2 is 1.80 bits per heavy atom. The van der Waals surface area contributed by atoms with Crippen molar-refractivity contribution in [2.75, 3.05) is 6.54 Å². The number of aromatic hydroxyl groups is 1. The third kappa shape index (κ3) is 3.28. The summed E-state index contributed by atoms with van der Waals surface area (Å²) >= 11 is 0. The number of benzene rings is 1. The molecule has 82 valence electrons. The van der Waals surface area contributed by atoms with Crippen molar-refractivity contribution in [1.29, 1.82) is 0 Å². The van der Waals surface area contributed by atoms with E-state index in [0.717, 1.165) is 6.08 Å². The molecule has 5 heteroatoms. The predicted octanol–water partition coefficient (Wildman–Crippen LogP) is 2.30. The van der Waals surface area contributed by atoms with E-state index in [0.29, 0.717) is 5.56 Å². The molecule has 1 aromatic carbocycles. The van der Waals surface area contributed by atoms with Gasteiger partial charge in [-0.25, -0.2) is 0 Å². The summed E-state index contributed by atoms with van der Waals surface area (Å²) in [5, 5.41) is 8.94. The van der Waals surface area contributed by atoms with Gasteiger partial charge in [-0.15, -0.1) is 0 Å². The van der Waals surface area contributed by atoms with Crippen molar-refractivity contribution in [1.82, 2.24) is 0 Å². The normalized spacial score (nSPS) is 12.9. The maximum absolute atomic E-state index is 12.3. The van der Waals surface area contributed by atoms with E-state index in [1.807, 2.05) is 0 Å². The Balaban J connectivity index is 2.99. The number of hydrogen-bond donors (Lipinski definition) is 2. The summed E-state index contributed by atoms with van der Waals surface area (Å²) in [6.45, 7) is -0.565. The van der Waals surface area contributed by atoms with E-state index in [4.69, 9.17) is 10.8 Å². The van der Waals surface area contributed by atoms with Crippen molar-refractivity contribution in [3.05, 3.63) is 35.4 Å². The highest BCUT2D eigenvalue weighted by atomic mass is 19.4. The van der Waals surface area contributed by atoms with Crippen molar-refractivity contribution in [3.8, 4) is 5.75 Å². The molecule has 0 heterocycles. The molecule has 0 aliphatic heterocycles. The van der Waals surface area contributed by atoms with Gasteiger partial charge in [0, 0.05) is 12.1 Å². The van der Waals surface area contributed by atoms with Gasteiger partial charge in [-0.1, -0.05) is 12.1 Å². The molecule has 0 bridgehead atoms. The maximum Gasteiger partial charge on any atom is 0.413 e. The van der Waals surface area contributed by atoms with E-state index in [2.05, 4.69) is 0 Å². The number of nitrogens with two attached hydrogens (primary N) is 1. The zero-order chi connectivity index (χ0) is 11.5. The largest absolute Gasteiger partial charge is 0.508 e.